The van der Waals surface area contributed by atoms with Crippen molar-refractivity contribution in [2.45, 2.75) is 64.6 Å². The monoisotopic (exact) mass is 526 g/mol. The second-order valence-corrected chi connectivity index (χ2v) is 10.7. The number of nitrogens with zero attached hydrogens (tertiary/aromatic N) is 5. The van der Waals surface area contributed by atoms with Crippen LogP contribution in [0.25, 0.3) is 0 Å². The Balaban J connectivity index is 1.36. The van der Waals surface area contributed by atoms with Crippen LogP contribution in [0.1, 0.15) is 74.6 Å². The number of carbonyl (C=O) groups is 2. The van der Waals surface area contributed by atoms with Crippen LogP contribution in [0, 0.1) is 17.8 Å². The van der Waals surface area contributed by atoms with Gasteiger partial charge in [0.15, 0.2) is 0 Å². The Labute approximate surface area is 219 Å². The fraction of sp³-hybridized carbons (Fsp3) is 0.520. The van der Waals surface area contributed by atoms with Crippen molar-refractivity contribution in [3.63, 3.8) is 0 Å². The van der Waals surface area contributed by atoms with Crippen LogP contribution in [0.15, 0.2) is 35.5 Å². The van der Waals surface area contributed by atoms with Gasteiger partial charge in [0.25, 0.3) is 11.5 Å². The largest absolute Gasteiger partial charge is 0.339 e. The summed E-state index contributed by atoms with van der Waals surface area (Å²) in [5, 5.41) is 20.8. The maximum atomic E-state index is 13.6. The first-order valence-corrected chi connectivity index (χ1v) is 13.0. The maximum Gasteiger partial charge on any atom is 0.270 e. The average molecular weight is 527 g/mol. The number of hydrogen-bond donors (Lipinski definition) is 3. The molecule has 37 heavy (non-hydrogen) atoms. The first-order valence-electron chi connectivity index (χ1n) is 12.7. The fourth-order valence-corrected chi connectivity index (χ4v) is 5.19. The SMILES string of the molecule is CC(c1cc(Cl)n[nH]c1=O)n1cc(NC(=O)C(NC(=O)c2ccnn2C(C)C)C(C2CC2)C2CC2)cn1. The number of hydrogen-bond acceptors (Lipinski definition) is 6. The van der Waals surface area contributed by atoms with Gasteiger partial charge in [0.2, 0.25) is 5.91 Å². The van der Waals surface area contributed by atoms with Gasteiger partial charge in [-0.2, -0.15) is 15.3 Å². The quantitative estimate of drug-likeness (QED) is 0.370. The normalized spacial score (nSPS) is 17.1. The first-order chi connectivity index (χ1) is 17.7. The van der Waals surface area contributed by atoms with Gasteiger partial charge in [-0.3, -0.25) is 23.7 Å². The van der Waals surface area contributed by atoms with E-state index < -0.39 is 12.1 Å². The number of amides is 2. The molecule has 2 unspecified atom stereocenters. The van der Waals surface area contributed by atoms with Crippen LogP contribution in [-0.4, -0.2) is 47.6 Å². The van der Waals surface area contributed by atoms with E-state index in [0.717, 1.165) is 25.7 Å². The van der Waals surface area contributed by atoms with Crippen molar-refractivity contribution in [2.24, 2.45) is 17.8 Å². The number of rotatable bonds is 10. The molecule has 12 heteroatoms. The predicted octanol–water partition coefficient (Wildman–Crippen LogP) is 3.18. The van der Waals surface area contributed by atoms with E-state index in [4.69, 9.17) is 11.6 Å². The minimum absolute atomic E-state index is 0.0148. The smallest absolute Gasteiger partial charge is 0.270 e. The highest BCUT2D eigenvalue weighted by Crippen LogP contribution is 2.51. The fourth-order valence-electron chi connectivity index (χ4n) is 5.03. The number of aromatic amines is 1. The van der Waals surface area contributed by atoms with Crippen LogP contribution in [0.5, 0.6) is 0 Å². The van der Waals surface area contributed by atoms with Gasteiger partial charge >= 0.3 is 0 Å². The predicted molar refractivity (Wildman–Crippen MR) is 137 cm³/mol. The van der Waals surface area contributed by atoms with E-state index in [1.54, 1.807) is 34.7 Å². The molecule has 0 spiro atoms. The van der Waals surface area contributed by atoms with Crippen LogP contribution in [0.3, 0.4) is 0 Å². The summed E-state index contributed by atoms with van der Waals surface area (Å²) in [6, 6.07) is 2.07. The minimum Gasteiger partial charge on any atom is -0.339 e. The number of halogens is 1. The zero-order chi connectivity index (χ0) is 26.3. The molecule has 2 saturated carbocycles. The van der Waals surface area contributed by atoms with Crippen molar-refractivity contribution in [2.75, 3.05) is 5.32 Å². The molecule has 0 saturated heterocycles. The van der Waals surface area contributed by atoms with Crippen molar-refractivity contribution in [3.8, 4) is 0 Å². The molecule has 0 bridgehead atoms. The third kappa shape index (κ3) is 5.46. The number of carbonyl (C=O) groups excluding carboxylic acids is 2. The Morgan fingerprint density at radius 2 is 1.84 bits per heavy atom. The lowest BCUT2D eigenvalue weighted by atomic mass is 9.88. The van der Waals surface area contributed by atoms with Crippen molar-refractivity contribution in [1.29, 1.82) is 0 Å². The summed E-state index contributed by atoms with van der Waals surface area (Å²) in [7, 11) is 0. The van der Waals surface area contributed by atoms with Gasteiger partial charge in [0.1, 0.15) is 16.9 Å². The Morgan fingerprint density at radius 1 is 1.14 bits per heavy atom. The highest BCUT2D eigenvalue weighted by Gasteiger charge is 2.48. The van der Waals surface area contributed by atoms with E-state index in [0.29, 0.717) is 28.8 Å². The van der Waals surface area contributed by atoms with E-state index >= 15 is 0 Å². The third-order valence-electron chi connectivity index (χ3n) is 7.20. The molecular weight excluding hydrogens is 496 g/mol. The highest BCUT2D eigenvalue weighted by atomic mass is 35.5. The molecule has 3 N–H and O–H groups in total. The standard InChI is InChI=1S/C25H31ClN8O3/c1-13(2)34-19(8-9-27-34)24(36)30-22(21(15-4-5-15)16-6-7-16)25(37)29-17-11-28-33(12-17)14(3)18-10-20(26)31-32-23(18)35/h8-16,21-22H,4-7H2,1-3H3,(H,29,37)(H,30,36)(H,32,35). The Morgan fingerprint density at radius 3 is 2.49 bits per heavy atom. The molecule has 2 atom stereocenters. The van der Waals surface area contributed by atoms with Crippen molar-refractivity contribution >= 4 is 29.1 Å². The molecular formula is C25H31ClN8O3. The number of aromatic nitrogens is 6. The Hall–Kier alpha value is -3.47. The highest BCUT2D eigenvalue weighted by molar-refractivity contribution is 6.29. The number of nitrogens with one attached hydrogen (secondary N) is 3. The molecule has 2 aliphatic carbocycles. The summed E-state index contributed by atoms with van der Waals surface area (Å²) in [6.07, 6.45) is 9.08. The minimum atomic E-state index is -0.675. The summed E-state index contributed by atoms with van der Waals surface area (Å²) < 4.78 is 3.23. The maximum absolute atomic E-state index is 13.6. The lowest BCUT2D eigenvalue weighted by Crippen LogP contribution is -2.50. The molecule has 0 aromatic carbocycles. The molecule has 2 aliphatic rings. The van der Waals surface area contributed by atoms with Crippen LogP contribution in [-0.2, 0) is 4.79 Å². The van der Waals surface area contributed by atoms with Crippen LogP contribution in [0.4, 0.5) is 5.69 Å². The Bertz CT molecular complexity index is 1340. The van der Waals surface area contributed by atoms with Crippen LogP contribution < -0.4 is 16.2 Å². The molecule has 11 nitrogen and oxygen atoms in total. The second kappa shape index (κ2) is 10.1. The molecule has 0 aliphatic heterocycles. The van der Waals surface area contributed by atoms with Crippen molar-refractivity contribution in [1.82, 2.24) is 35.1 Å². The molecule has 0 radical (unpaired) electrons. The second-order valence-electron chi connectivity index (χ2n) is 10.3. The van der Waals surface area contributed by atoms with Gasteiger partial charge in [-0.15, -0.1) is 0 Å². The van der Waals surface area contributed by atoms with E-state index in [1.807, 2.05) is 13.8 Å². The third-order valence-corrected chi connectivity index (χ3v) is 7.39. The van der Waals surface area contributed by atoms with Gasteiger partial charge in [-0.25, -0.2) is 5.10 Å². The van der Waals surface area contributed by atoms with E-state index in [1.165, 1.54) is 12.3 Å². The average Bonchev–Trinajstić information content (AvgIpc) is 3.78. The lowest BCUT2D eigenvalue weighted by Gasteiger charge is -2.27. The van der Waals surface area contributed by atoms with Crippen LogP contribution in [0.2, 0.25) is 5.15 Å². The van der Waals surface area contributed by atoms with Crippen LogP contribution >= 0.6 is 11.6 Å². The van der Waals surface area contributed by atoms with Crippen molar-refractivity contribution < 1.29 is 9.59 Å². The van der Waals surface area contributed by atoms with E-state index in [-0.39, 0.29) is 34.5 Å². The summed E-state index contributed by atoms with van der Waals surface area (Å²) in [5.41, 5.74) is 0.944. The molecule has 3 aromatic heterocycles. The Kier molecular flexibility index (Phi) is 6.89. The van der Waals surface area contributed by atoms with Gasteiger partial charge < -0.3 is 10.6 Å². The number of H-pyrrole nitrogens is 1. The zero-order valence-electron chi connectivity index (χ0n) is 21.0. The zero-order valence-corrected chi connectivity index (χ0v) is 21.8. The molecule has 3 aromatic rings. The van der Waals surface area contributed by atoms with Crippen molar-refractivity contribution in [3.05, 3.63) is 57.5 Å². The first kappa shape index (κ1) is 25.2. The molecule has 2 amide bonds. The van der Waals surface area contributed by atoms with E-state index in [2.05, 4.69) is 31.0 Å². The summed E-state index contributed by atoms with van der Waals surface area (Å²) >= 11 is 5.95. The summed E-state index contributed by atoms with van der Waals surface area (Å²) in [4.78, 5) is 39.1. The molecule has 196 valence electrons. The summed E-state index contributed by atoms with van der Waals surface area (Å²) in [5.74, 6) is 0.375. The lowest BCUT2D eigenvalue weighted by molar-refractivity contribution is -0.119. The van der Waals surface area contributed by atoms with Gasteiger partial charge in [-0.05, 0) is 76.3 Å². The topological polar surface area (TPSA) is 140 Å². The number of anilines is 1. The van der Waals surface area contributed by atoms with Gasteiger partial charge in [-0.1, -0.05) is 11.6 Å². The molecule has 2 fully saturated rings. The summed E-state index contributed by atoms with van der Waals surface area (Å²) in [6.45, 7) is 5.71. The van der Waals surface area contributed by atoms with Gasteiger partial charge in [0, 0.05) is 24.0 Å². The van der Waals surface area contributed by atoms with E-state index in [9.17, 15) is 14.4 Å². The molecule has 5 rings (SSSR count). The molecule has 3 heterocycles. The van der Waals surface area contributed by atoms with Gasteiger partial charge in [0.05, 0.1) is 17.9 Å².